The minimum atomic E-state index is -3.35. The van der Waals surface area contributed by atoms with E-state index >= 15 is 0 Å². The van der Waals surface area contributed by atoms with Gasteiger partial charge in [0.15, 0.2) is 0 Å². The third kappa shape index (κ3) is 8.37. The van der Waals surface area contributed by atoms with Crippen LogP contribution in [0.3, 0.4) is 0 Å². The molecule has 1 aliphatic heterocycles. The van der Waals surface area contributed by atoms with Gasteiger partial charge in [0.25, 0.3) is 5.91 Å². The van der Waals surface area contributed by atoms with E-state index in [-0.39, 0.29) is 23.5 Å². The van der Waals surface area contributed by atoms with Crippen molar-refractivity contribution in [2.75, 3.05) is 33.8 Å². The summed E-state index contributed by atoms with van der Waals surface area (Å²) in [5.74, 6) is 0.366. The second-order valence-electron chi connectivity index (χ2n) is 11.0. The number of ether oxygens (including phenoxy) is 1. The highest BCUT2D eigenvalue weighted by Crippen LogP contribution is 2.27. The summed E-state index contributed by atoms with van der Waals surface area (Å²) in [6.07, 6.45) is 2.98. The molecule has 240 valence electrons. The molecule has 4 N–H and O–H groups in total. The van der Waals surface area contributed by atoms with Crippen molar-refractivity contribution in [3.63, 3.8) is 0 Å². The molecule has 5 rings (SSSR count). The Kier molecular flexibility index (Phi) is 10.1. The number of anilines is 3. The number of aryl methyl sites for hydroxylation is 1. The highest BCUT2D eigenvalue weighted by Gasteiger charge is 2.29. The highest BCUT2D eigenvalue weighted by molar-refractivity contribution is 7.92. The number of benzene rings is 2. The van der Waals surface area contributed by atoms with E-state index in [2.05, 4.69) is 24.9 Å². The number of aromatic nitrogens is 2. The lowest BCUT2D eigenvalue weighted by Crippen LogP contribution is -2.49. The van der Waals surface area contributed by atoms with E-state index in [1.165, 1.54) is 12.3 Å². The van der Waals surface area contributed by atoms with Gasteiger partial charge in [0.2, 0.25) is 15.9 Å². The summed E-state index contributed by atoms with van der Waals surface area (Å²) in [5.41, 5.74) is 9.09. The molecular weight excluding hydrogens is 606 g/mol. The third-order valence-electron chi connectivity index (χ3n) is 7.74. The normalized spacial score (nSPS) is 14.0. The second-order valence-corrected chi connectivity index (χ2v) is 13.0. The van der Waals surface area contributed by atoms with E-state index in [1.807, 2.05) is 49.4 Å². The summed E-state index contributed by atoms with van der Waals surface area (Å²) in [6, 6.07) is 22.9. The zero-order valence-electron chi connectivity index (χ0n) is 25.7. The first kappa shape index (κ1) is 32.4. The van der Waals surface area contributed by atoms with Crippen LogP contribution in [0.15, 0.2) is 85.1 Å². The Morgan fingerprint density at radius 1 is 0.978 bits per heavy atom. The Labute approximate surface area is 268 Å². The predicted octanol–water partition coefficient (Wildman–Crippen LogP) is 5.14. The molecule has 1 fully saturated rings. The van der Waals surface area contributed by atoms with Crippen LogP contribution in [0.1, 0.15) is 41.5 Å². The molecule has 4 aromatic rings. The van der Waals surface area contributed by atoms with Gasteiger partial charge in [-0.2, -0.15) is 0 Å². The topological polar surface area (TPSA) is 160 Å². The van der Waals surface area contributed by atoms with Crippen molar-refractivity contribution in [1.29, 1.82) is 0 Å². The molecule has 3 amide bonds. The number of rotatable bonds is 11. The van der Waals surface area contributed by atoms with Gasteiger partial charge in [-0.05, 0) is 80.8 Å². The molecule has 0 aliphatic carbocycles. The molecule has 0 atom stereocenters. The number of carbonyl (C=O) groups is 2. The summed E-state index contributed by atoms with van der Waals surface area (Å²) in [5, 5.41) is 2.91. The monoisotopic (exact) mass is 643 g/mol. The minimum absolute atomic E-state index is 0.00265. The van der Waals surface area contributed by atoms with Gasteiger partial charge in [0.05, 0.1) is 17.6 Å². The molecule has 12 nitrogen and oxygen atoms in total. The number of urea groups is 1. The van der Waals surface area contributed by atoms with Gasteiger partial charge < -0.3 is 15.8 Å². The average Bonchev–Trinajstić information content (AvgIpc) is 3.05. The summed E-state index contributed by atoms with van der Waals surface area (Å²) < 4.78 is 32.0. The van der Waals surface area contributed by atoms with Gasteiger partial charge in [-0.3, -0.25) is 19.3 Å². The number of primary amides is 1. The van der Waals surface area contributed by atoms with Gasteiger partial charge in [0.1, 0.15) is 11.4 Å². The first-order valence-electron chi connectivity index (χ1n) is 15.0. The minimum Gasteiger partial charge on any atom is -0.439 e. The number of sulfonamides is 1. The van der Waals surface area contributed by atoms with E-state index in [0.29, 0.717) is 29.5 Å². The Bertz CT molecular complexity index is 1760. The lowest BCUT2D eigenvalue weighted by molar-refractivity contribution is 0.0995. The molecule has 1 aliphatic rings. The molecule has 0 spiro atoms. The maximum Gasteiger partial charge on any atom is 0.326 e. The van der Waals surface area contributed by atoms with E-state index in [1.54, 1.807) is 42.2 Å². The van der Waals surface area contributed by atoms with Crippen molar-refractivity contribution in [3.8, 4) is 11.6 Å². The Morgan fingerprint density at radius 2 is 1.67 bits per heavy atom. The average molecular weight is 644 g/mol. The Hall–Kier alpha value is -5.01. The van der Waals surface area contributed by atoms with E-state index in [0.717, 1.165) is 42.9 Å². The van der Waals surface area contributed by atoms with Crippen LogP contribution in [0.2, 0.25) is 0 Å². The van der Waals surface area contributed by atoms with Crippen molar-refractivity contribution < 1.29 is 22.7 Å². The van der Waals surface area contributed by atoms with E-state index in [9.17, 15) is 18.0 Å². The molecule has 1 saturated heterocycles. The summed E-state index contributed by atoms with van der Waals surface area (Å²) >= 11 is 0. The van der Waals surface area contributed by atoms with Crippen LogP contribution < -0.4 is 25.4 Å². The first-order chi connectivity index (χ1) is 22.1. The number of piperidine rings is 1. The van der Waals surface area contributed by atoms with Gasteiger partial charge in [0, 0.05) is 48.8 Å². The first-order valence-corrected chi connectivity index (χ1v) is 16.6. The van der Waals surface area contributed by atoms with Crippen molar-refractivity contribution >= 4 is 39.0 Å². The number of pyridine rings is 2. The fourth-order valence-electron chi connectivity index (χ4n) is 5.21. The molecule has 0 saturated carbocycles. The Morgan fingerprint density at radius 3 is 2.28 bits per heavy atom. The van der Waals surface area contributed by atoms with E-state index in [4.69, 9.17) is 10.5 Å². The quantitative estimate of drug-likeness (QED) is 0.203. The van der Waals surface area contributed by atoms with Crippen LogP contribution in [0.5, 0.6) is 11.6 Å². The van der Waals surface area contributed by atoms with Gasteiger partial charge in [-0.1, -0.05) is 24.3 Å². The molecule has 13 heteroatoms. The van der Waals surface area contributed by atoms with Crippen molar-refractivity contribution in [2.45, 2.75) is 39.3 Å². The molecule has 0 radical (unpaired) electrons. The highest BCUT2D eigenvalue weighted by atomic mass is 32.2. The van der Waals surface area contributed by atoms with Crippen LogP contribution in [-0.4, -0.2) is 60.1 Å². The second kappa shape index (κ2) is 14.4. The number of amides is 3. The molecular formula is C33H37N7O5S. The number of hydrogen-bond acceptors (Lipinski definition) is 8. The van der Waals surface area contributed by atoms with Crippen LogP contribution >= 0.6 is 0 Å². The number of para-hydroxylation sites is 1. The van der Waals surface area contributed by atoms with E-state index < -0.39 is 15.9 Å². The lowest BCUT2D eigenvalue weighted by atomic mass is 10.0. The molecule has 0 bridgehead atoms. The number of hydrogen-bond donors (Lipinski definition) is 3. The SMILES string of the molecule is CCS(=O)(=O)Nc1ccc(Oc2ccc(CN3CCC(N(C(=O)Nc4ccc(C(N)=O)nc4)c4ccccc4)CC3)c(C)n2)cc1. The van der Waals surface area contributed by atoms with Crippen molar-refractivity contribution in [3.05, 3.63) is 102 Å². The number of nitrogens with one attached hydrogen (secondary N) is 2. The number of likely N-dealkylation sites (tertiary alicyclic amines) is 1. The van der Waals surface area contributed by atoms with Gasteiger partial charge in [-0.15, -0.1) is 0 Å². The molecule has 2 aromatic heterocycles. The largest absolute Gasteiger partial charge is 0.439 e. The third-order valence-corrected chi connectivity index (χ3v) is 9.04. The molecule has 0 unspecified atom stereocenters. The zero-order valence-corrected chi connectivity index (χ0v) is 26.5. The zero-order chi connectivity index (χ0) is 32.7. The number of carbonyl (C=O) groups excluding carboxylic acids is 2. The van der Waals surface area contributed by atoms with Crippen LogP contribution in [-0.2, 0) is 16.6 Å². The smallest absolute Gasteiger partial charge is 0.326 e. The van der Waals surface area contributed by atoms with Crippen LogP contribution in [0, 0.1) is 6.92 Å². The standard InChI is InChI=1S/C33H37N7O5S/c1-3-46(43,44)38-25-10-13-29(14-11-25)45-31-16-9-24(23(2)36-31)22-39-19-17-28(18-20-39)40(27-7-5-4-6-8-27)33(42)37-26-12-15-30(32(34)41)35-21-26/h4-16,21,28,38H,3,17-20,22H2,1-2H3,(H2,34,41)(H,37,42). The summed E-state index contributed by atoms with van der Waals surface area (Å²) in [7, 11) is -3.35. The number of nitrogens with two attached hydrogens (primary N) is 1. The summed E-state index contributed by atoms with van der Waals surface area (Å²) in [4.78, 5) is 37.7. The maximum absolute atomic E-state index is 13.5. The van der Waals surface area contributed by atoms with Crippen molar-refractivity contribution in [1.82, 2.24) is 14.9 Å². The van der Waals surface area contributed by atoms with Crippen LogP contribution in [0.4, 0.5) is 21.9 Å². The summed E-state index contributed by atoms with van der Waals surface area (Å²) in [6.45, 7) is 5.83. The molecule has 3 heterocycles. The van der Waals surface area contributed by atoms with Crippen molar-refractivity contribution in [2.24, 2.45) is 5.73 Å². The maximum atomic E-state index is 13.5. The predicted molar refractivity (Wildman–Crippen MR) is 178 cm³/mol. The lowest BCUT2D eigenvalue weighted by Gasteiger charge is -2.38. The Balaban J connectivity index is 1.19. The van der Waals surface area contributed by atoms with Gasteiger partial charge in [-0.25, -0.2) is 23.2 Å². The fourth-order valence-corrected chi connectivity index (χ4v) is 5.85. The van der Waals surface area contributed by atoms with Gasteiger partial charge >= 0.3 is 6.03 Å². The fraction of sp³-hybridized carbons (Fsp3) is 0.273. The number of nitrogens with zero attached hydrogens (tertiary/aromatic N) is 4. The molecule has 46 heavy (non-hydrogen) atoms. The molecule has 2 aromatic carbocycles. The van der Waals surface area contributed by atoms with Crippen LogP contribution in [0.25, 0.3) is 0 Å².